The Kier molecular flexibility index (Phi) is 4.74. The SMILES string of the molecule is NC(CC(=O)O)C(=O)N1CCC(c2ccccc2)CC1. The van der Waals surface area contributed by atoms with Gasteiger partial charge >= 0.3 is 5.97 Å². The number of amides is 1. The summed E-state index contributed by atoms with van der Waals surface area (Å²) in [5.41, 5.74) is 6.92. The van der Waals surface area contributed by atoms with Crippen molar-refractivity contribution in [3.63, 3.8) is 0 Å². The van der Waals surface area contributed by atoms with E-state index >= 15 is 0 Å². The summed E-state index contributed by atoms with van der Waals surface area (Å²) < 4.78 is 0. The summed E-state index contributed by atoms with van der Waals surface area (Å²) >= 11 is 0. The molecular formula is C15H20N2O3. The molecule has 0 saturated carbocycles. The molecule has 0 aromatic heterocycles. The van der Waals surface area contributed by atoms with Crippen LogP contribution < -0.4 is 5.73 Å². The number of benzene rings is 1. The largest absolute Gasteiger partial charge is 0.481 e. The molecule has 1 saturated heterocycles. The Morgan fingerprint density at radius 2 is 1.85 bits per heavy atom. The fourth-order valence-corrected chi connectivity index (χ4v) is 2.67. The van der Waals surface area contributed by atoms with Crippen molar-refractivity contribution < 1.29 is 14.7 Å². The zero-order valence-electron chi connectivity index (χ0n) is 11.4. The smallest absolute Gasteiger partial charge is 0.305 e. The molecule has 0 spiro atoms. The van der Waals surface area contributed by atoms with Crippen LogP contribution in [0.25, 0.3) is 0 Å². The Morgan fingerprint density at radius 1 is 1.25 bits per heavy atom. The van der Waals surface area contributed by atoms with Crippen LogP contribution in [-0.4, -0.2) is 41.0 Å². The molecule has 2 rings (SSSR count). The minimum absolute atomic E-state index is 0.251. The first kappa shape index (κ1) is 14.5. The van der Waals surface area contributed by atoms with Gasteiger partial charge in [0.05, 0.1) is 12.5 Å². The molecule has 3 N–H and O–H groups in total. The third kappa shape index (κ3) is 3.57. The van der Waals surface area contributed by atoms with Crippen LogP contribution >= 0.6 is 0 Å². The molecule has 1 aliphatic rings. The quantitative estimate of drug-likeness (QED) is 0.865. The average molecular weight is 276 g/mol. The van der Waals surface area contributed by atoms with Crippen LogP contribution in [0.2, 0.25) is 0 Å². The van der Waals surface area contributed by atoms with E-state index in [2.05, 4.69) is 12.1 Å². The number of carbonyl (C=O) groups excluding carboxylic acids is 1. The van der Waals surface area contributed by atoms with Crippen molar-refractivity contribution in [2.24, 2.45) is 5.73 Å². The Bertz CT molecular complexity index is 467. The zero-order valence-corrected chi connectivity index (χ0v) is 11.4. The minimum Gasteiger partial charge on any atom is -0.481 e. The lowest BCUT2D eigenvalue weighted by Crippen LogP contribution is -2.47. The number of aliphatic carboxylic acids is 1. The van der Waals surface area contributed by atoms with Gasteiger partial charge in [-0.15, -0.1) is 0 Å². The second kappa shape index (κ2) is 6.52. The number of rotatable bonds is 4. The Hall–Kier alpha value is -1.88. The molecule has 1 atom stereocenters. The molecular weight excluding hydrogens is 256 g/mol. The van der Waals surface area contributed by atoms with Gasteiger partial charge in [0.1, 0.15) is 0 Å². The highest BCUT2D eigenvalue weighted by molar-refractivity contribution is 5.86. The zero-order chi connectivity index (χ0) is 14.5. The number of nitrogens with two attached hydrogens (primary N) is 1. The van der Waals surface area contributed by atoms with Gasteiger partial charge < -0.3 is 15.7 Å². The number of piperidine rings is 1. The number of carbonyl (C=O) groups is 2. The molecule has 1 aromatic rings. The molecule has 1 unspecified atom stereocenters. The van der Waals surface area contributed by atoms with Gasteiger partial charge in [-0.1, -0.05) is 30.3 Å². The second-order valence-corrected chi connectivity index (χ2v) is 5.21. The summed E-state index contributed by atoms with van der Waals surface area (Å²) in [6, 6.07) is 9.33. The maximum atomic E-state index is 12.0. The number of nitrogens with zero attached hydrogens (tertiary/aromatic N) is 1. The topological polar surface area (TPSA) is 83.6 Å². The van der Waals surface area contributed by atoms with Crippen LogP contribution in [-0.2, 0) is 9.59 Å². The summed E-state index contributed by atoms with van der Waals surface area (Å²) in [5, 5.41) is 8.67. The molecule has 0 aliphatic carbocycles. The monoisotopic (exact) mass is 276 g/mol. The van der Waals surface area contributed by atoms with E-state index in [1.807, 2.05) is 18.2 Å². The summed E-state index contributed by atoms with van der Waals surface area (Å²) in [7, 11) is 0. The summed E-state index contributed by atoms with van der Waals surface area (Å²) in [5.74, 6) is -0.820. The van der Waals surface area contributed by atoms with Crippen LogP contribution in [0.1, 0.15) is 30.7 Å². The molecule has 20 heavy (non-hydrogen) atoms. The average Bonchev–Trinajstić information content (AvgIpc) is 2.47. The first-order valence-corrected chi connectivity index (χ1v) is 6.89. The van der Waals surface area contributed by atoms with Crippen LogP contribution in [0.15, 0.2) is 30.3 Å². The van der Waals surface area contributed by atoms with Gasteiger partial charge in [0.2, 0.25) is 5.91 Å². The highest BCUT2D eigenvalue weighted by Crippen LogP contribution is 2.27. The molecule has 5 nitrogen and oxygen atoms in total. The number of hydrogen-bond acceptors (Lipinski definition) is 3. The standard InChI is InChI=1S/C15H20N2O3/c16-13(10-14(18)19)15(20)17-8-6-12(7-9-17)11-4-2-1-3-5-11/h1-5,12-13H,6-10,16H2,(H,18,19). The lowest BCUT2D eigenvalue weighted by molar-refractivity contribution is -0.142. The third-order valence-electron chi connectivity index (χ3n) is 3.79. The van der Waals surface area contributed by atoms with Gasteiger partial charge in [-0.3, -0.25) is 9.59 Å². The fraction of sp³-hybridized carbons (Fsp3) is 0.467. The summed E-state index contributed by atoms with van der Waals surface area (Å²) in [6.45, 7) is 1.29. The highest BCUT2D eigenvalue weighted by Gasteiger charge is 2.27. The molecule has 5 heteroatoms. The number of carboxylic acid groups (broad SMARTS) is 1. The van der Waals surface area contributed by atoms with Crippen LogP contribution in [0.5, 0.6) is 0 Å². The van der Waals surface area contributed by atoms with E-state index in [0.717, 1.165) is 12.8 Å². The predicted molar refractivity (Wildman–Crippen MR) is 75.2 cm³/mol. The maximum Gasteiger partial charge on any atom is 0.305 e. The molecule has 1 aromatic carbocycles. The molecule has 1 fully saturated rings. The van der Waals surface area contributed by atoms with Gasteiger partial charge in [-0.2, -0.15) is 0 Å². The van der Waals surface area contributed by atoms with Crippen molar-refractivity contribution in [3.05, 3.63) is 35.9 Å². The van der Waals surface area contributed by atoms with Gasteiger partial charge in [0.15, 0.2) is 0 Å². The first-order chi connectivity index (χ1) is 9.58. The van der Waals surface area contributed by atoms with E-state index in [4.69, 9.17) is 10.8 Å². The summed E-state index contributed by atoms with van der Waals surface area (Å²) in [6.07, 6.45) is 1.49. The van der Waals surface area contributed by atoms with Crippen molar-refractivity contribution in [2.75, 3.05) is 13.1 Å². The lowest BCUT2D eigenvalue weighted by Gasteiger charge is -2.33. The van der Waals surface area contributed by atoms with E-state index < -0.39 is 12.0 Å². The Morgan fingerprint density at radius 3 is 2.40 bits per heavy atom. The van der Waals surface area contributed by atoms with Crippen molar-refractivity contribution in [3.8, 4) is 0 Å². The molecule has 1 amide bonds. The maximum absolute atomic E-state index is 12.0. The number of hydrogen-bond donors (Lipinski definition) is 2. The van der Waals surface area contributed by atoms with E-state index in [9.17, 15) is 9.59 Å². The van der Waals surface area contributed by atoms with E-state index in [0.29, 0.717) is 19.0 Å². The number of likely N-dealkylation sites (tertiary alicyclic amines) is 1. The van der Waals surface area contributed by atoms with Gasteiger partial charge in [-0.05, 0) is 24.3 Å². The second-order valence-electron chi connectivity index (χ2n) is 5.21. The molecule has 0 bridgehead atoms. The van der Waals surface area contributed by atoms with Crippen LogP contribution in [0.4, 0.5) is 0 Å². The van der Waals surface area contributed by atoms with Crippen molar-refractivity contribution in [1.82, 2.24) is 4.90 Å². The normalized spacial score (nSPS) is 17.8. The molecule has 1 heterocycles. The Labute approximate surface area is 118 Å². The number of carboxylic acids is 1. The van der Waals surface area contributed by atoms with Crippen molar-refractivity contribution in [2.45, 2.75) is 31.2 Å². The van der Waals surface area contributed by atoms with Gasteiger partial charge in [-0.25, -0.2) is 0 Å². The molecule has 1 aliphatic heterocycles. The fourth-order valence-electron chi connectivity index (χ4n) is 2.67. The minimum atomic E-state index is -1.04. The molecule has 0 radical (unpaired) electrons. The summed E-state index contributed by atoms with van der Waals surface area (Å²) in [4.78, 5) is 24.3. The Balaban J connectivity index is 1.88. The highest BCUT2D eigenvalue weighted by atomic mass is 16.4. The molecule has 108 valence electrons. The van der Waals surface area contributed by atoms with E-state index in [-0.39, 0.29) is 12.3 Å². The lowest BCUT2D eigenvalue weighted by atomic mass is 9.89. The van der Waals surface area contributed by atoms with E-state index in [1.165, 1.54) is 5.56 Å². The van der Waals surface area contributed by atoms with Gasteiger partial charge in [0, 0.05) is 13.1 Å². The predicted octanol–water partition coefficient (Wildman–Crippen LogP) is 1.19. The van der Waals surface area contributed by atoms with Crippen molar-refractivity contribution in [1.29, 1.82) is 0 Å². The van der Waals surface area contributed by atoms with Crippen LogP contribution in [0.3, 0.4) is 0 Å². The van der Waals surface area contributed by atoms with E-state index in [1.54, 1.807) is 4.90 Å². The first-order valence-electron chi connectivity index (χ1n) is 6.89. The third-order valence-corrected chi connectivity index (χ3v) is 3.79. The van der Waals surface area contributed by atoms with Crippen LogP contribution in [0, 0.1) is 0 Å². The van der Waals surface area contributed by atoms with Crippen molar-refractivity contribution >= 4 is 11.9 Å². The van der Waals surface area contributed by atoms with Gasteiger partial charge in [0.25, 0.3) is 0 Å².